The maximum atomic E-state index is 12.7. The van der Waals surface area contributed by atoms with E-state index in [1.807, 2.05) is 54.5 Å². The van der Waals surface area contributed by atoms with Crippen LogP contribution in [0.5, 0.6) is 0 Å². The van der Waals surface area contributed by atoms with Gasteiger partial charge in [-0.1, -0.05) is 11.6 Å². The highest BCUT2D eigenvalue weighted by Gasteiger charge is 2.52. The van der Waals surface area contributed by atoms with Crippen molar-refractivity contribution in [1.29, 1.82) is 0 Å². The van der Waals surface area contributed by atoms with E-state index in [1.165, 1.54) is 6.92 Å². The largest absolute Gasteiger partial charge is 0.514 e. The van der Waals surface area contributed by atoms with Crippen molar-refractivity contribution >= 4 is 36.3 Å². The number of nitrogens with zero attached hydrogens (tertiary/aromatic N) is 3. The summed E-state index contributed by atoms with van der Waals surface area (Å²) >= 11 is 6.37. The molecule has 2 aliphatic heterocycles. The lowest BCUT2D eigenvalue weighted by molar-refractivity contribution is -0.134. The third-order valence-corrected chi connectivity index (χ3v) is 6.35. The van der Waals surface area contributed by atoms with Gasteiger partial charge in [-0.2, -0.15) is 0 Å². The molecule has 32 heavy (non-hydrogen) atoms. The molecular formula is C22H33BClN3O5. The second kappa shape index (κ2) is 8.50. The molecule has 0 N–H and O–H groups in total. The van der Waals surface area contributed by atoms with E-state index in [0.717, 1.165) is 5.56 Å². The third kappa shape index (κ3) is 5.21. The Morgan fingerprint density at radius 3 is 2.28 bits per heavy atom. The molecule has 0 unspecified atom stereocenters. The minimum atomic E-state index is -0.686. The zero-order valence-corrected chi connectivity index (χ0v) is 20.9. The summed E-state index contributed by atoms with van der Waals surface area (Å²) < 4.78 is 17.8. The maximum Gasteiger partial charge on any atom is 0.514 e. The van der Waals surface area contributed by atoms with Crippen LogP contribution < -0.4 is 5.59 Å². The summed E-state index contributed by atoms with van der Waals surface area (Å²) in [6.45, 7) is 16.0. The number of hydrogen-bond donors (Lipinski definition) is 0. The lowest BCUT2D eigenvalue weighted by Crippen LogP contribution is -2.53. The molecule has 0 saturated carbocycles. The van der Waals surface area contributed by atoms with Gasteiger partial charge in [-0.3, -0.25) is 4.79 Å². The van der Waals surface area contributed by atoms with Crippen LogP contribution in [0.2, 0.25) is 5.15 Å². The molecule has 2 saturated heterocycles. The molecule has 0 aliphatic carbocycles. The highest BCUT2D eigenvalue weighted by atomic mass is 35.5. The topological polar surface area (TPSA) is 81.2 Å². The number of carbonyl (C=O) groups excluding carboxylic acids is 2. The molecule has 0 radical (unpaired) electrons. The summed E-state index contributed by atoms with van der Waals surface area (Å²) in [5.74, 6) is -0.0797. The van der Waals surface area contributed by atoms with Gasteiger partial charge >= 0.3 is 13.2 Å². The number of rotatable bonds is 2. The normalized spacial score (nSPS) is 22.8. The monoisotopic (exact) mass is 465 g/mol. The molecule has 2 fully saturated rings. The molecule has 8 nitrogen and oxygen atoms in total. The molecule has 2 aliphatic rings. The standard InChI is InChI=1S/C22H33BClN3O5/c1-14(28)27-10-9-26(19(29)30-20(2,3)4)13-16(27)15-11-17(25-18(24)12-15)23-31-21(5,6)22(7,8)32-23/h11-12,16H,9-10,13H2,1-8H3/t16-/m1/s1. The summed E-state index contributed by atoms with van der Waals surface area (Å²) in [5, 5.41) is 0.269. The van der Waals surface area contributed by atoms with Crippen molar-refractivity contribution in [2.75, 3.05) is 19.6 Å². The van der Waals surface area contributed by atoms with Crippen molar-refractivity contribution in [1.82, 2.24) is 14.8 Å². The van der Waals surface area contributed by atoms with Crippen LogP contribution in [0.25, 0.3) is 0 Å². The zero-order valence-electron chi connectivity index (χ0n) is 20.2. The molecule has 3 rings (SSSR count). The zero-order chi connectivity index (χ0) is 24.1. The number of halogens is 1. The van der Waals surface area contributed by atoms with Gasteiger partial charge in [0, 0.05) is 26.6 Å². The Labute approximate surface area is 195 Å². The first-order chi connectivity index (χ1) is 14.6. The molecular weight excluding hydrogens is 433 g/mol. The lowest BCUT2D eigenvalue weighted by Gasteiger charge is -2.41. The van der Waals surface area contributed by atoms with Crippen LogP contribution >= 0.6 is 11.6 Å². The van der Waals surface area contributed by atoms with Gasteiger partial charge < -0.3 is 23.8 Å². The van der Waals surface area contributed by atoms with Crippen molar-refractivity contribution in [3.63, 3.8) is 0 Å². The van der Waals surface area contributed by atoms with Crippen LogP contribution in [0, 0.1) is 0 Å². The Morgan fingerprint density at radius 2 is 1.75 bits per heavy atom. The first kappa shape index (κ1) is 24.8. The average Bonchev–Trinajstić information content (AvgIpc) is 2.86. The summed E-state index contributed by atoms with van der Waals surface area (Å²) in [6.07, 6.45) is -0.406. The Kier molecular flexibility index (Phi) is 6.59. The van der Waals surface area contributed by atoms with E-state index >= 15 is 0 Å². The Balaban J connectivity index is 1.91. The smallest absolute Gasteiger partial charge is 0.444 e. The maximum absolute atomic E-state index is 12.7. The third-order valence-electron chi connectivity index (χ3n) is 6.15. The van der Waals surface area contributed by atoms with Crippen molar-refractivity contribution in [3.8, 4) is 0 Å². The van der Waals surface area contributed by atoms with E-state index in [1.54, 1.807) is 15.9 Å². The van der Waals surface area contributed by atoms with E-state index in [2.05, 4.69) is 4.98 Å². The number of hydrogen-bond acceptors (Lipinski definition) is 6. The van der Waals surface area contributed by atoms with Crippen LogP contribution in [-0.2, 0) is 18.8 Å². The van der Waals surface area contributed by atoms with Gasteiger partial charge in [-0.05, 0) is 66.2 Å². The van der Waals surface area contributed by atoms with Crippen molar-refractivity contribution in [3.05, 3.63) is 22.8 Å². The van der Waals surface area contributed by atoms with E-state index in [9.17, 15) is 9.59 Å². The van der Waals surface area contributed by atoms with Gasteiger partial charge in [0.2, 0.25) is 5.91 Å². The van der Waals surface area contributed by atoms with Gasteiger partial charge in [0.05, 0.1) is 22.8 Å². The highest BCUT2D eigenvalue weighted by molar-refractivity contribution is 6.61. The Hall–Kier alpha value is -1.84. The van der Waals surface area contributed by atoms with Gasteiger partial charge in [0.1, 0.15) is 10.8 Å². The predicted octanol–water partition coefficient (Wildman–Crippen LogP) is 3.17. The quantitative estimate of drug-likeness (QED) is 0.493. The number of pyridine rings is 1. The van der Waals surface area contributed by atoms with Crippen molar-refractivity contribution in [2.45, 2.75) is 78.2 Å². The Bertz CT molecular complexity index is 886. The van der Waals surface area contributed by atoms with Gasteiger partial charge in [-0.25, -0.2) is 9.78 Å². The van der Waals surface area contributed by atoms with Crippen molar-refractivity contribution < 1.29 is 23.6 Å². The molecule has 10 heteroatoms. The lowest BCUT2D eigenvalue weighted by atomic mass is 9.82. The van der Waals surface area contributed by atoms with Crippen LogP contribution in [0.1, 0.15) is 67.0 Å². The molecule has 0 spiro atoms. The first-order valence-corrected chi connectivity index (χ1v) is 11.3. The fourth-order valence-corrected chi connectivity index (χ4v) is 3.98. The van der Waals surface area contributed by atoms with Gasteiger partial charge in [0.25, 0.3) is 0 Å². The Morgan fingerprint density at radius 1 is 1.16 bits per heavy atom. The summed E-state index contributed by atoms with van der Waals surface area (Å²) in [4.78, 5) is 32.8. The highest BCUT2D eigenvalue weighted by Crippen LogP contribution is 2.37. The van der Waals surface area contributed by atoms with Crippen molar-refractivity contribution in [2.24, 2.45) is 0 Å². The van der Waals surface area contributed by atoms with Gasteiger partial charge in [-0.15, -0.1) is 0 Å². The molecule has 3 heterocycles. The second-order valence-electron chi connectivity index (χ2n) is 10.4. The van der Waals surface area contributed by atoms with Crippen LogP contribution in [0.4, 0.5) is 4.79 Å². The van der Waals surface area contributed by atoms with Crippen LogP contribution in [0.3, 0.4) is 0 Å². The molecule has 2 amide bonds. The molecule has 1 aromatic heterocycles. The fourth-order valence-electron chi connectivity index (χ4n) is 3.75. The molecule has 176 valence electrons. The van der Waals surface area contributed by atoms with E-state index in [-0.39, 0.29) is 17.6 Å². The number of aromatic nitrogens is 1. The molecule has 0 bridgehead atoms. The van der Waals surface area contributed by atoms with Crippen LogP contribution in [-0.4, -0.2) is 70.3 Å². The number of amides is 2. The SMILES string of the molecule is CC(=O)N1CCN(C(=O)OC(C)(C)C)C[C@@H]1c1cc(Cl)nc(B2OC(C)(C)C(C)(C)O2)c1. The van der Waals surface area contributed by atoms with E-state index in [0.29, 0.717) is 18.7 Å². The number of piperazine rings is 1. The molecule has 1 atom stereocenters. The molecule has 0 aromatic carbocycles. The summed E-state index contributed by atoms with van der Waals surface area (Å²) in [5.41, 5.74) is -0.354. The fraction of sp³-hybridized carbons (Fsp3) is 0.682. The van der Waals surface area contributed by atoms with Crippen LogP contribution in [0.15, 0.2) is 12.1 Å². The molecule has 1 aromatic rings. The van der Waals surface area contributed by atoms with Gasteiger partial charge in [0.15, 0.2) is 0 Å². The second-order valence-corrected chi connectivity index (χ2v) is 10.8. The minimum absolute atomic E-state index is 0.0797. The summed E-state index contributed by atoms with van der Waals surface area (Å²) in [6, 6.07) is 3.17. The number of carbonyl (C=O) groups is 2. The first-order valence-electron chi connectivity index (χ1n) is 10.9. The van der Waals surface area contributed by atoms with E-state index < -0.39 is 36.1 Å². The number of ether oxygens (including phenoxy) is 1. The predicted molar refractivity (Wildman–Crippen MR) is 123 cm³/mol. The summed E-state index contributed by atoms with van der Waals surface area (Å²) in [7, 11) is -0.686. The minimum Gasteiger partial charge on any atom is -0.444 e. The van der Waals surface area contributed by atoms with E-state index in [4.69, 9.17) is 25.6 Å². The average molecular weight is 466 g/mol.